The molecule has 3 unspecified atom stereocenters. The number of ether oxygens (including phenoxy) is 2. The molecule has 0 radical (unpaired) electrons. The van der Waals surface area contributed by atoms with Crippen LogP contribution in [0.25, 0.3) is 0 Å². The van der Waals surface area contributed by atoms with Crippen LogP contribution in [0.3, 0.4) is 0 Å². The molecule has 3 N–H and O–H groups in total. The van der Waals surface area contributed by atoms with Crippen molar-refractivity contribution in [1.29, 1.82) is 0 Å². The molecule has 0 fully saturated rings. The van der Waals surface area contributed by atoms with Crippen LogP contribution in [0.1, 0.15) is 20.3 Å². The van der Waals surface area contributed by atoms with E-state index in [-0.39, 0.29) is 17.9 Å². The molecule has 0 saturated heterocycles. The van der Waals surface area contributed by atoms with E-state index in [1.165, 1.54) is 0 Å². The first-order valence-electron chi connectivity index (χ1n) is 7.03. The second kappa shape index (κ2) is 6.61. The Balaban J connectivity index is 1.83. The van der Waals surface area contributed by atoms with E-state index in [0.29, 0.717) is 18.9 Å². The molecule has 0 aliphatic carbocycles. The molecule has 1 amide bonds. The van der Waals surface area contributed by atoms with E-state index >= 15 is 0 Å². The third-order valence-electron chi connectivity index (χ3n) is 3.63. The number of carbonyl (C=O) groups excluding carboxylic acids is 1. The molecule has 1 aromatic carbocycles. The fourth-order valence-electron chi connectivity index (χ4n) is 2.01. The summed E-state index contributed by atoms with van der Waals surface area (Å²) in [5, 5.41) is 2.83. The van der Waals surface area contributed by atoms with Crippen molar-refractivity contribution < 1.29 is 14.3 Å². The Kier molecular flexibility index (Phi) is 4.84. The van der Waals surface area contributed by atoms with Crippen LogP contribution in [0.4, 0.5) is 0 Å². The average Bonchev–Trinajstić information content (AvgIpc) is 2.50. The van der Waals surface area contributed by atoms with E-state index in [1.807, 2.05) is 38.1 Å². The standard InChI is InChI=1S/C15H22N2O3/c1-3-10(2)14(16)15(18)17-8-11-9-19-12-6-4-5-7-13(12)20-11/h4-7,10-11,14H,3,8-9,16H2,1-2H3,(H,17,18). The Hall–Kier alpha value is -1.75. The highest BCUT2D eigenvalue weighted by Gasteiger charge is 2.23. The van der Waals surface area contributed by atoms with Crippen molar-refractivity contribution >= 4 is 5.91 Å². The summed E-state index contributed by atoms with van der Waals surface area (Å²) in [7, 11) is 0. The zero-order chi connectivity index (χ0) is 14.5. The van der Waals surface area contributed by atoms with E-state index in [2.05, 4.69) is 5.32 Å². The maximum Gasteiger partial charge on any atom is 0.237 e. The molecule has 1 aliphatic heterocycles. The van der Waals surface area contributed by atoms with E-state index in [9.17, 15) is 4.79 Å². The number of para-hydroxylation sites is 2. The second-order valence-corrected chi connectivity index (χ2v) is 5.15. The number of nitrogens with two attached hydrogens (primary N) is 1. The second-order valence-electron chi connectivity index (χ2n) is 5.15. The number of carbonyl (C=O) groups is 1. The SMILES string of the molecule is CCC(C)C(N)C(=O)NCC1COc2ccccc2O1. The van der Waals surface area contributed by atoms with Crippen molar-refractivity contribution in [2.24, 2.45) is 11.7 Å². The minimum atomic E-state index is -0.475. The minimum absolute atomic E-state index is 0.137. The molecule has 1 aromatic rings. The van der Waals surface area contributed by atoms with Crippen molar-refractivity contribution in [3.8, 4) is 11.5 Å². The third-order valence-corrected chi connectivity index (χ3v) is 3.63. The Bertz CT molecular complexity index is 464. The summed E-state index contributed by atoms with van der Waals surface area (Å²) < 4.78 is 11.4. The van der Waals surface area contributed by atoms with Gasteiger partial charge in [0.1, 0.15) is 12.7 Å². The van der Waals surface area contributed by atoms with Crippen LogP contribution in [0.15, 0.2) is 24.3 Å². The molecule has 110 valence electrons. The summed E-state index contributed by atoms with van der Waals surface area (Å²) in [5.74, 6) is 1.48. The van der Waals surface area contributed by atoms with E-state index in [0.717, 1.165) is 12.2 Å². The van der Waals surface area contributed by atoms with Crippen LogP contribution in [0.5, 0.6) is 11.5 Å². The Morgan fingerprint density at radius 1 is 1.45 bits per heavy atom. The zero-order valence-electron chi connectivity index (χ0n) is 12.0. The Morgan fingerprint density at radius 2 is 2.15 bits per heavy atom. The summed E-state index contributed by atoms with van der Waals surface area (Å²) in [6.45, 7) is 4.82. The topological polar surface area (TPSA) is 73.6 Å². The van der Waals surface area contributed by atoms with Crippen LogP contribution in [-0.4, -0.2) is 31.2 Å². The molecule has 5 heteroatoms. The number of hydrogen-bond acceptors (Lipinski definition) is 4. The lowest BCUT2D eigenvalue weighted by Crippen LogP contribution is -2.48. The van der Waals surface area contributed by atoms with Crippen LogP contribution in [-0.2, 0) is 4.79 Å². The van der Waals surface area contributed by atoms with Gasteiger partial charge in [0.05, 0.1) is 12.6 Å². The quantitative estimate of drug-likeness (QED) is 0.852. The number of benzene rings is 1. The first kappa shape index (κ1) is 14.7. The maximum absolute atomic E-state index is 11.9. The fraction of sp³-hybridized carbons (Fsp3) is 0.533. The monoisotopic (exact) mass is 278 g/mol. The molecular weight excluding hydrogens is 256 g/mol. The lowest BCUT2D eigenvalue weighted by atomic mass is 9.99. The molecule has 3 atom stereocenters. The van der Waals surface area contributed by atoms with E-state index in [1.54, 1.807) is 0 Å². The van der Waals surface area contributed by atoms with Crippen LogP contribution >= 0.6 is 0 Å². The van der Waals surface area contributed by atoms with Gasteiger partial charge < -0.3 is 20.5 Å². The van der Waals surface area contributed by atoms with Crippen molar-refractivity contribution in [2.45, 2.75) is 32.4 Å². The predicted molar refractivity (Wildman–Crippen MR) is 76.8 cm³/mol. The van der Waals surface area contributed by atoms with Crippen molar-refractivity contribution in [3.05, 3.63) is 24.3 Å². The van der Waals surface area contributed by atoms with Gasteiger partial charge >= 0.3 is 0 Å². The third kappa shape index (κ3) is 3.42. The highest BCUT2D eigenvalue weighted by Crippen LogP contribution is 2.30. The molecular formula is C15H22N2O3. The molecule has 2 rings (SSSR count). The number of rotatable bonds is 5. The van der Waals surface area contributed by atoms with Crippen LogP contribution < -0.4 is 20.5 Å². The van der Waals surface area contributed by atoms with Gasteiger partial charge in [0.2, 0.25) is 5.91 Å². The number of hydrogen-bond donors (Lipinski definition) is 2. The van der Waals surface area contributed by atoms with Crippen molar-refractivity contribution in [1.82, 2.24) is 5.32 Å². The first-order valence-corrected chi connectivity index (χ1v) is 7.03. The molecule has 1 aliphatic rings. The summed E-state index contributed by atoms with van der Waals surface area (Å²) in [6.07, 6.45) is 0.698. The summed E-state index contributed by atoms with van der Waals surface area (Å²) >= 11 is 0. The smallest absolute Gasteiger partial charge is 0.237 e. The molecule has 0 spiro atoms. The lowest BCUT2D eigenvalue weighted by Gasteiger charge is -2.27. The normalized spacial score (nSPS) is 20.1. The van der Waals surface area contributed by atoms with Crippen LogP contribution in [0, 0.1) is 5.92 Å². The van der Waals surface area contributed by atoms with E-state index in [4.69, 9.17) is 15.2 Å². The van der Waals surface area contributed by atoms with Gasteiger partial charge in [-0.25, -0.2) is 0 Å². The predicted octanol–water partition coefficient (Wildman–Crippen LogP) is 1.32. The fourth-order valence-corrected chi connectivity index (χ4v) is 2.01. The largest absolute Gasteiger partial charge is 0.486 e. The summed E-state index contributed by atoms with van der Waals surface area (Å²) in [6, 6.07) is 7.03. The van der Waals surface area contributed by atoms with Gasteiger partial charge in [0.15, 0.2) is 11.5 Å². The summed E-state index contributed by atoms with van der Waals surface area (Å²) in [5.41, 5.74) is 5.88. The van der Waals surface area contributed by atoms with Gasteiger partial charge in [0.25, 0.3) is 0 Å². The molecule has 0 saturated carbocycles. The first-order chi connectivity index (χ1) is 9.61. The number of nitrogens with one attached hydrogen (secondary N) is 1. The van der Waals surface area contributed by atoms with Gasteiger partial charge in [-0.15, -0.1) is 0 Å². The zero-order valence-corrected chi connectivity index (χ0v) is 12.0. The number of fused-ring (bicyclic) bond motifs is 1. The highest BCUT2D eigenvalue weighted by molar-refractivity contribution is 5.81. The molecule has 5 nitrogen and oxygen atoms in total. The number of amides is 1. The lowest BCUT2D eigenvalue weighted by molar-refractivity contribution is -0.123. The van der Waals surface area contributed by atoms with Gasteiger partial charge in [-0.1, -0.05) is 32.4 Å². The van der Waals surface area contributed by atoms with Gasteiger partial charge in [0, 0.05) is 0 Å². The van der Waals surface area contributed by atoms with Gasteiger partial charge in [-0.2, -0.15) is 0 Å². The molecule has 20 heavy (non-hydrogen) atoms. The molecule has 0 bridgehead atoms. The van der Waals surface area contributed by atoms with E-state index < -0.39 is 6.04 Å². The van der Waals surface area contributed by atoms with Crippen LogP contribution in [0.2, 0.25) is 0 Å². The summed E-state index contributed by atoms with van der Waals surface area (Å²) in [4.78, 5) is 11.9. The van der Waals surface area contributed by atoms with Gasteiger partial charge in [-0.05, 0) is 18.1 Å². The Morgan fingerprint density at radius 3 is 2.85 bits per heavy atom. The maximum atomic E-state index is 11.9. The van der Waals surface area contributed by atoms with Crippen molar-refractivity contribution in [2.75, 3.05) is 13.2 Å². The minimum Gasteiger partial charge on any atom is -0.486 e. The Labute approximate surface area is 119 Å². The molecule has 0 aromatic heterocycles. The average molecular weight is 278 g/mol. The highest BCUT2D eigenvalue weighted by atomic mass is 16.6. The molecule has 1 heterocycles. The van der Waals surface area contributed by atoms with Crippen molar-refractivity contribution in [3.63, 3.8) is 0 Å². The van der Waals surface area contributed by atoms with Gasteiger partial charge in [-0.3, -0.25) is 4.79 Å².